The molecule has 0 unspecified atom stereocenters. The molecule has 182 valence electrons. The molecule has 10 heteroatoms. The molecular formula is C24H30N4O4S2. The minimum absolute atomic E-state index is 0.0321. The average molecular weight is 503 g/mol. The van der Waals surface area contributed by atoms with Crippen molar-refractivity contribution in [2.75, 3.05) is 18.4 Å². The van der Waals surface area contributed by atoms with E-state index in [9.17, 15) is 13.2 Å². The van der Waals surface area contributed by atoms with E-state index in [-0.39, 0.29) is 16.5 Å². The normalized spacial score (nSPS) is 11.8. The number of carbonyl (C=O) groups excluding carboxylic acids is 1. The third-order valence-corrected chi connectivity index (χ3v) is 7.95. The first-order chi connectivity index (χ1) is 16.2. The second kappa shape index (κ2) is 11.6. The molecule has 0 fully saturated rings. The van der Waals surface area contributed by atoms with Gasteiger partial charge < -0.3 is 4.42 Å². The van der Waals surface area contributed by atoms with Crippen molar-refractivity contribution in [3.8, 4) is 11.5 Å². The highest BCUT2D eigenvalue weighted by molar-refractivity contribution is 7.99. The summed E-state index contributed by atoms with van der Waals surface area (Å²) in [6.07, 6.45) is 1.70. The van der Waals surface area contributed by atoms with Crippen molar-refractivity contribution in [2.24, 2.45) is 0 Å². The number of sulfonamides is 1. The lowest BCUT2D eigenvalue weighted by atomic mass is 10.2. The number of hydrogen-bond donors (Lipinski definition) is 1. The summed E-state index contributed by atoms with van der Waals surface area (Å²) in [6, 6.07) is 13.5. The Morgan fingerprint density at radius 2 is 1.85 bits per heavy atom. The van der Waals surface area contributed by atoms with Gasteiger partial charge in [0.25, 0.3) is 5.91 Å². The van der Waals surface area contributed by atoms with Crippen molar-refractivity contribution < 1.29 is 17.6 Å². The monoisotopic (exact) mass is 502 g/mol. The van der Waals surface area contributed by atoms with E-state index in [1.165, 1.54) is 28.6 Å². The number of aromatic nitrogens is 2. The molecule has 0 aliphatic carbocycles. The molecule has 0 saturated heterocycles. The lowest BCUT2D eigenvalue weighted by molar-refractivity contribution is 0.102. The van der Waals surface area contributed by atoms with Crippen molar-refractivity contribution in [3.05, 3.63) is 54.1 Å². The molecule has 34 heavy (non-hydrogen) atoms. The van der Waals surface area contributed by atoms with Crippen LogP contribution < -0.4 is 5.32 Å². The minimum Gasteiger partial charge on any atom is -0.403 e. The van der Waals surface area contributed by atoms with Gasteiger partial charge in [0.05, 0.1) is 4.90 Å². The van der Waals surface area contributed by atoms with Crippen molar-refractivity contribution in [1.82, 2.24) is 14.5 Å². The second-order valence-electron chi connectivity index (χ2n) is 7.94. The van der Waals surface area contributed by atoms with E-state index >= 15 is 0 Å². The quantitative estimate of drug-likeness (QED) is 0.355. The van der Waals surface area contributed by atoms with Gasteiger partial charge in [0, 0.05) is 34.4 Å². The molecule has 2 aromatic carbocycles. The van der Waals surface area contributed by atoms with Crippen LogP contribution in [0.15, 0.2) is 62.7 Å². The van der Waals surface area contributed by atoms with Crippen molar-refractivity contribution in [1.29, 1.82) is 0 Å². The van der Waals surface area contributed by atoms with Crippen LogP contribution in [0, 0.1) is 0 Å². The Morgan fingerprint density at radius 3 is 2.50 bits per heavy atom. The fraction of sp³-hybridized carbons (Fsp3) is 0.375. The fourth-order valence-electron chi connectivity index (χ4n) is 3.24. The predicted octanol–water partition coefficient (Wildman–Crippen LogP) is 5.30. The van der Waals surface area contributed by atoms with Crippen LogP contribution in [0.2, 0.25) is 0 Å². The van der Waals surface area contributed by atoms with Gasteiger partial charge in [-0.1, -0.05) is 45.3 Å². The van der Waals surface area contributed by atoms with Gasteiger partial charge in [0.1, 0.15) is 0 Å². The van der Waals surface area contributed by atoms with Crippen LogP contribution in [-0.2, 0) is 10.0 Å². The van der Waals surface area contributed by atoms with Crippen LogP contribution in [0.4, 0.5) is 6.01 Å². The van der Waals surface area contributed by atoms with Gasteiger partial charge in [-0.25, -0.2) is 8.42 Å². The van der Waals surface area contributed by atoms with E-state index in [4.69, 9.17) is 4.42 Å². The highest BCUT2D eigenvalue weighted by atomic mass is 32.2. The summed E-state index contributed by atoms with van der Waals surface area (Å²) in [7, 11) is -3.60. The van der Waals surface area contributed by atoms with E-state index in [2.05, 4.69) is 29.4 Å². The number of unbranched alkanes of at least 4 members (excludes halogenated alkanes) is 1. The Kier molecular flexibility index (Phi) is 8.87. The predicted molar refractivity (Wildman–Crippen MR) is 134 cm³/mol. The van der Waals surface area contributed by atoms with Crippen LogP contribution in [-0.4, -0.2) is 47.2 Å². The van der Waals surface area contributed by atoms with Crippen molar-refractivity contribution in [3.63, 3.8) is 0 Å². The first-order valence-electron chi connectivity index (χ1n) is 11.3. The van der Waals surface area contributed by atoms with Gasteiger partial charge >= 0.3 is 6.01 Å². The summed E-state index contributed by atoms with van der Waals surface area (Å²) >= 11 is 1.73. The summed E-state index contributed by atoms with van der Waals surface area (Å²) in [5, 5.41) is 10.9. The zero-order valence-electron chi connectivity index (χ0n) is 19.8. The standard InChI is InChI=1S/C24H30N4O4S2/c1-5-7-15-28(6-2)34(30,31)21-13-11-18(12-14-21)22(29)25-24-27-26-23(32-24)19-9-8-10-20(16-19)33-17(3)4/h8-14,16-17H,5-7,15H2,1-4H3,(H,25,27,29). The van der Waals surface area contributed by atoms with E-state index in [0.717, 1.165) is 23.3 Å². The number of amides is 1. The molecule has 1 amide bonds. The lowest BCUT2D eigenvalue weighted by Gasteiger charge is -2.20. The van der Waals surface area contributed by atoms with Crippen molar-refractivity contribution >= 4 is 33.7 Å². The van der Waals surface area contributed by atoms with Gasteiger partial charge in [-0.2, -0.15) is 4.31 Å². The molecule has 0 radical (unpaired) electrons. The van der Waals surface area contributed by atoms with Gasteiger partial charge in [0.2, 0.25) is 15.9 Å². The highest BCUT2D eigenvalue weighted by Crippen LogP contribution is 2.28. The van der Waals surface area contributed by atoms with Crippen molar-refractivity contribution in [2.45, 2.75) is 55.6 Å². The SMILES string of the molecule is CCCCN(CC)S(=O)(=O)c1ccc(C(=O)Nc2nnc(-c3cccc(SC(C)C)c3)o2)cc1. The molecule has 0 aliphatic rings. The van der Waals surface area contributed by atoms with E-state index in [0.29, 0.717) is 24.2 Å². The maximum atomic E-state index is 12.9. The molecular weight excluding hydrogens is 472 g/mol. The maximum absolute atomic E-state index is 12.9. The molecule has 0 atom stereocenters. The third-order valence-electron chi connectivity index (χ3n) is 4.97. The molecule has 3 aromatic rings. The molecule has 3 rings (SSSR count). The average Bonchev–Trinajstić information content (AvgIpc) is 3.28. The molecule has 0 saturated carbocycles. The summed E-state index contributed by atoms with van der Waals surface area (Å²) in [6.45, 7) is 8.92. The zero-order valence-corrected chi connectivity index (χ0v) is 21.4. The number of carbonyl (C=O) groups is 1. The van der Waals surface area contributed by atoms with E-state index in [1.807, 2.05) is 38.1 Å². The molecule has 1 aromatic heterocycles. The van der Waals surface area contributed by atoms with Gasteiger partial charge in [-0.15, -0.1) is 16.9 Å². The molecule has 0 aliphatic heterocycles. The number of benzene rings is 2. The summed E-state index contributed by atoms with van der Waals surface area (Å²) in [5.74, 6) is -0.170. The van der Waals surface area contributed by atoms with Gasteiger partial charge in [0.15, 0.2) is 0 Å². The molecule has 8 nitrogen and oxygen atoms in total. The van der Waals surface area contributed by atoms with Gasteiger partial charge in [-0.05, 0) is 48.9 Å². The van der Waals surface area contributed by atoms with Crippen LogP contribution in [0.5, 0.6) is 0 Å². The Bertz CT molecular complexity index is 1210. The largest absolute Gasteiger partial charge is 0.403 e. The number of rotatable bonds is 11. The summed E-state index contributed by atoms with van der Waals surface area (Å²) < 4.78 is 32.8. The minimum atomic E-state index is -3.60. The molecule has 0 spiro atoms. The number of anilines is 1. The van der Waals surface area contributed by atoms with Crippen LogP contribution in [0.3, 0.4) is 0 Å². The number of thioether (sulfide) groups is 1. The Balaban J connectivity index is 1.70. The fourth-order valence-corrected chi connectivity index (χ4v) is 5.63. The topological polar surface area (TPSA) is 105 Å². The summed E-state index contributed by atoms with van der Waals surface area (Å²) in [5.41, 5.74) is 1.04. The molecule has 1 heterocycles. The smallest absolute Gasteiger partial charge is 0.322 e. The van der Waals surface area contributed by atoms with Crippen LogP contribution in [0.1, 0.15) is 50.9 Å². The first kappa shape index (κ1) is 25.9. The molecule has 1 N–H and O–H groups in total. The number of nitrogens with zero attached hydrogens (tertiary/aromatic N) is 3. The Morgan fingerprint density at radius 1 is 1.12 bits per heavy atom. The van der Waals surface area contributed by atoms with Gasteiger partial charge in [-0.3, -0.25) is 10.1 Å². The third kappa shape index (κ3) is 6.46. The summed E-state index contributed by atoms with van der Waals surface area (Å²) in [4.78, 5) is 13.9. The van der Waals surface area contributed by atoms with Crippen LogP contribution in [0.25, 0.3) is 11.5 Å². The van der Waals surface area contributed by atoms with E-state index < -0.39 is 15.9 Å². The Hall–Kier alpha value is -2.69. The maximum Gasteiger partial charge on any atom is 0.322 e. The first-order valence-corrected chi connectivity index (χ1v) is 13.6. The zero-order chi connectivity index (χ0) is 24.7. The Labute approximate surface area is 205 Å². The highest BCUT2D eigenvalue weighted by Gasteiger charge is 2.23. The number of hydrogen-bond acceptors (Lipinski definition) is 7. The lowest BCUT2D eigenvalue weighted by Crippen LogP contribution is -2.31. The van der Waals surface area contributed by atoms with E-state index in [1.54, 1.807) is 11.8 Å². The number of nitrogens with one attached hydrogen (secondary N) is 1. The second-order valence-corrected chi connectivity index (χ2v) is 11.5. The van der Waals surface area contributed by atoms with Crippen LogP contribution >= 0.6 is 11.8 Å². The molecule has 0 bridgehead atoms.